The zero-order valence-electron chi connectivity index (χ0n) is 12.8. The van der Waals surface area contributed by atoms with Gasteiger partial charge in [0.1, 0.15) is 5.76 Å². The third-order valence-electron chi connectivity index (χ3n) is 3.85. The number of nitrogens with one attached hydrogen (secondary N) is 1. The first-order valence-corrected chi connectivity index (χ1v) is 8.59. The number of rotatable bonds is 4. The number of carbonyl (C=O) groups is 1. The van der Waals surface area contributed by atoms with Crippen LogP contribution < -0.4 is 10.2 Å². The van der Waals surface area contributed by atoms with Crippen LogP contribution >= 0.6 is 15.9 Å². The SMILES string of the molecule is O=C(/C=C/c1ccc(Br)o1)Nc1ccc(N2CCCCC2)cc1. The quantitative estimate of drug-likeness (QED) is 0.789. The Balaban J connectivity index is 1.57. The Hall–Kier alpha value is -2.01. The minimum Gasteiger partial charge on any atom is -0.450 e. The van der Waals surface area contributed by atoms with E-state index in [2.05, 4.69) is 38.3 Å². The fourth-order valence-electron chi connectivity index (χ4n) is 2.67. The highest BCUT2D eigenvalue weighted by Crippen LogP contribution is 2.22. The molecule has 0 unspecified atom stereocenters. The summed E-state index contributed by atoms with van der Waals surface area (Å²) >= 11 is 3.23. The van der Waals surface area contributed by atoms with Gasteiger partial charge in [-0.15, -0.1) is 0 Å². The molecule has 1 N–H and O–H groups in total. The minimum absolute atomic E-state index is 0.178. The molecule has 0 bridgehead atoms. The molecule has 0 spiro atoms. The van der Waals surface area contributed by atoms with Gasteiger partial charge >= 0.3 is 0 Å². The van der Waals surface area contributed by atoms with Gasteiger partial charge in [-0.3, -0.25) is 4.79 Å². The number of nitrogens with zero attached hydrogens (tertiary/aromatic N) is 1. The maximum absolute atomic E-state index is 11.9. The smallest absolute Gasteiger partial charge is 0.248 e. The lowest BCUT2D eigenvalue weighted by atomic mass is 10.1. The van der Waals surface area contributed by atoms with Crippen LogP contribution in [0.15, 0.2) is 51.6 Å². The third-order valence-corrected chi connectivity index (χ3v) is 4.28. The number of furan rings is 1. The molecule has 23 heavy (non-hydrogen) atoms. The molecule has 2 heterocycles. The van der Waals surface area contributed by atoms with Crippen LogP contribution in [0.2, 0.25) is 0 Å². The maximum atomic E-state index is 11.9. The second-order valence-corrected chi connectivity index (χ2v) is 6.34. The molecule has 5 heteroatoms. The molecule has 120 valence electrons. The minimum atomic E-state index is -0.178. The average Bonchev–Trinajstić information content (AvgIpc) is 3.00. The zero-order chi connectivity index (χ0) is 16.1. The molecule has 1 saturated heterocycles. The van der Waals surface area contributed by atoms with Crippen molar-refractivity contribution in [3.8, 4) is 0 Å². The van der Waals surface area contributed by atoms with E-state index in [1.807, 2.05) is 12.1 Å². The van der Waals surface area contributed by atoms with Gasteiger partial charge in [-0.25, -0.2) is 0 Å². The number of benzene rings is 1. The molecule has 1 amide bonds. The van der Waals surface area contributed by atoms with E-state index in [9.17, 15) is 4.79 Å². The lowest BCUT2D eigenvalue weighted by Crippen LogP contribution is -2.29. The van der Waals surface area contributed by atoms with Crippen LogP contribution in [0.1, 0.15) is 25.0 Å². The van der Waals surface area contributed by atoms with Crippen molar-refractivity contribution in [3.63, 3.8) is 0 Å². The Labute approximate surface area is 144 Å². The molecule has 2 aromatic rings. The van der Waals surface area contributed by atoms with Crippen LogP contribution in [-0.2, 0) is 4.79 Å². The predicted octanol–water partition coefficient (Wildman–Crippen LogP) is 4.68. The second-order valence-electron chi connectivity index (χ2n) is 5.56. The summed E-state index contributed by atoms with van der Waals surface area (Å²) in [6.07, 6.45) is 6.94. The Kier molecular flexibility index (Phi) is 5.18. The summed E-state index contributed by atoms with van der Waals surface area (Å²) < 4.78 is 5.96. The van der Waals surface area contributed by atoms with Gasteiger partial charge in [0.05, 0.1) is 0 Å². The molecular formula is C18H19BrN2O2. The Bertz CT molecular complexity index is 685. The van der Waals surface area contributed by atoms with Crippen molar-refractivity contribution in [2.24, 2.45) is 0 Å². The normalized spacial score (nSPS) is 15.1. The predicted molar refractivity (Wildman–Crippen MR) is 96.6 cm³/mol. The molecule has 0 atom stereocenters. The Morgan fingerprint density at radius 3 is 2.48 bits per heavy atom. The van der Waals surface area contributed by atoms with Crippen molar-refractivity contribution in [1.29, 1.82) is 0 Å². The summed E-state index contributed by atoms with van der Waals surface area (Å²) in [6, 6.07) is 11.6. The summed E-state index contributed by atoms with van der Waals surface area (Å²) in [7, 11) is 0. The molecule has 1 aromatic heterocycles. The van der Waals surface area contributed by atoms with Gasteiger partial charge in [-0.2, -0.15) is 0 Å². The first kappa shape index (κ1) is 15.9. The standard InChI is InChI=1S/C18H19BrN2O2/c19-17-10-8-16(23-17)9-11-18(22)20-14-4-6-15(7-5-14)21-12-2-1-3-13-21/h4-11H,1-3,12-13H2,(H,20,22)/b11-9+. The zero-order valence-corrected chi connectivity index (χ0v) is 14.4. The first-order chi connectivity index (χ1) is 11.2. The van der Waals surface area contributed by atoms with E-state index >= 15 is 0 Å². The van der Waals surface area contributed by atoms with Crippen molar-refractivity contribution in [2.75, 3.05) is 23.3 Å². The number of halogens is 1. The monoisotopic (exact) mass is 374 g/mol. The van der Waals surface area contributed by atoms with E-state index in [0.29, 0.717) is 10.4 Å². The maximum Gasteiger partial charge on any atom is 0.248 e. The molecule has 1 aromatic carbocycles. The molecule has 1 aliphatic rings. The van der Waals surface area contributed by atoms with Crippen molar-refractivity contribution < 1.29 is 9.21 Å². The van der Waals surface area contributed by atoms with Gasteiger partial charge in [0.2, 0.25) is 5.91 Å². The molecule has 0 radical (unpaired) electrons. The van der Waals surface area contributed by atoms with Gasteiger partial charge in [0.15, 0.2) is 4.67 Å². The average molecular weight is 375 g/mol. The van der Waals surface area contributed by atoms with Crippen LogP contribution in [0, 0.1) is 0 Å². The molecular weight excluding hydrogens is 356 g/mol. The fourth-order valence-corrected chi connectivity index (χ4v) is 2.99. The summed E-state index contributed by atoms with van der Waals surface area (Å²) in [4.78, 5) is 14.3. The highest BCUT2D eigenvalue weighted by Gasteiger charge is 2.10. The molecule has 0 saturated carbocycles. The lowest BCUT2D eigenvalue weighted by Gasteiger charge is -2.28. The fraction of sp³-hybridized carbons (Fsp3) is 0.278. The van der Waals surface area contributed by atoms with Crippen LogP contribution in [0.3, 0.4) is 0 Å². The second kappa shape index (κ2) is 7.51. The van der Waals surface area contributed by atoms with Gasteiger partial charge in [-0.05, 0) is 77.7 Å². The van der Waals surface area contributed by atoms with E-state index < -0.39 is 0 Å². The van der Waals surface area contributed by atoms with Crippen molar-refractivity contribution in [2.45, 2.75) is 19.3 Å². The number of piperidine rings is 1. The number of hydrogen-bond acceptors (Lipinski definition) is 3. The molecule has 1 fully saturated rings. The van der Waals surface area contributed by atoms with Crippen LogP contribution in [0.25, 0.3) is 6.08 Å². The van der Waals surface area contributed by atoms with E-state index in [1.165, 1.54) is 31.0 Å². The van der Waals surface area contributed by atoms with Crippen molar-refractivity contribution >= 4 is 39.3 Å². The number of anilines is 2. The third kappa shape index (κ3) is 4.48. The van der Waals surface area contributed by atoms with Gasteiger partial charge in [-0.1, -0.05) is 0 Å². The molecule has 1 aliphatic heterocycles. The van der Waals surface area contributed by atoms with E-state index in [0.717, 1.165) is 18.8 Å². The molecule has 0 aliphatic carbocycles. The van der Waals surface area contributed by atoms with E-state index in [-0.39, 0.29) is 5.91 Å². The molecule has 4 nitrogen and oxygen atoms in total. The van der Waals surface area contributed by atoms with Crippen molar-refractivity contribution in [3.05, 3.63) is 52.9 Å². The summed E-state index contributed by atoms with van der Waals surface area (Å²) in [5.41, 5.74) is 2.01. The first-order valence-electron chi connectivity index (χ1n) is 7.80. The van der Waals surface area contributed by atoms with Gasteiger partial charge in [0.25, 0.3) is 0 Å². The largest absolute Gasteiger partial charge is 0.450 e. The van der Waals surface area contributed by atoms with Crippen LogP contribution in [-0.4, -0.2) is 19.0 Å². The lowest BCUT2D eigenvalue weighted by molar-refractivity contribution is -0.111. The van der Waals surface area contributed by atoms with Gasteiger partial charge < -0.3 is 14.6 Å². The highest BCUT2D eigenvalue weighted by molar-refractivity contribution is 9.10. The number of hydrogen-bond donors (Lipinski definition) is 1. The van der Waals surface area contributed by atoms with Gasteiger partial charge in [0, 0.05) is 30.5 Å². The summed E-state index contributed by atoms with van der Waals surface area (Å²) in [6.45, 7) is 2.24. The summed E-state index contributed by atoms with van der Waals surface area (Å²) in [5.74, 6) is 0.454. The van der Waals surface area contributed by atoms with E-state index in [1.54, 1.807) is 18.2 Å². The van der Waals surface area contributed by atoms with Crippen LogP contribution in [0.4, 0.5) is 11.4 Å². The topological polar surface area (TPSA) is 45.5 Å². The Morgan fingerprint density at radius 1 is 1.09 bits per heavy atom. The van der Waals surface area contributed by atoms with Crippen LogP contribution in [0.5, 0.6) is 0 Å². The molecule has 3 rings (SSSR count). The number of amides is 1. The number of carbonyl (C=O) groups excluding carboxylic acids is 1. The van der Waals surface area contributed by atoms with E-state index in [4.69, 9.17) is 4.42 Å². The Morgan fingerprint density at radius 2 is 1.83 bits per heavy atom. The summed E-state index contributed by atoms with van der Waals surface area (Å²) in [5, 5.41) is 2.85. The van der Waals surface area contributed by atoms with Crippen molar-refractivity contribution in [1.82, 2.24) is 0 Å². The highest BCUT2D eigenvalue weighted by atomic mass is 79.9.